The molecule has 0 saturated heterocycles. The summed E-state index contributed by atoms with van der Waals surface area (Å²) in [5, 5.41) is 0. The number of hydrogen-bond donors (Lipinski definition) is 0. The number of ether oxygens (including phenoxy) is 3. The molecule has 0 aliphatic carbocycles. The topological polar surface area (TPSA) is 81.2 Å². The van der Waals surface area contributed by atoms with Crippen LogP contribution in [0.5, 0.6) is 5.75 Å². The molecule has 0 spiro atoms. The Bertz CT molecular complexity index is 484. The summed E-state index contributed by atoms with van der Waals surface area (Å²) in [6.07, 6.45) is 0.567. The highest BCUT2D eigenvalue weighted by Gasteiger charge is 2.26. The highest BCUT2D eigenvalue weighted by Crippen LogP contribution is 2.11. The Morgan fingerprint density at radius 3 is 2.62 bits per heavy atom. The van der Waals surface area contributed by atoms with Crippen LogP contribution in [0.2, 0.25) is 0 Å². The molecular formula is C15H20N2O4. The third kappa shape index (κ3) is 6.21. The van der Waals surface area contributed by atoms with Crippen LogP contribution in [-0.2, 0) is 14.3 Å². The summed E-state index contributed by atoms with van der Waals surface area (Å²) in [5.74, 6) is 0.0328. The average molecular weight is 292 g/mol. The normalized spacial score (nSPS) is 11.3. The Morgan fingerprint density at radius 1 is 1.33 bits per heavy atom. The molecule has 0 radical (unpaired) electrons. The van der Waals surface area contributed by atoms with Crippen LogP contribution in [0.3, 0.4) is 0 Å². The Morgan fingerprint density at radius 2 is 2.05 bits per heavy atom. The van der Waals surface area contributed by atoms with Gasteiger partial charge in [0.25, 0.3) is 0 Å². The molecule has 1 rings (SSSR count). The van der Waals surface area contributed by atoms with Crippen molar-refractivity contribution >= 4 is 11.7 Å². The lowest BCUT2D eigenvalue weighted by Gasteiger charge is -2.16. The van der Waals surface area contributed by atoms with Crippen LogP contribution in [0.1, 0.15) is 19.8 Å². The maximum absolute atomic E-state index is 11.4. The summed E-state index contributed by atoms with van der Waals surface area (Å²) in [6.45, 7) is 2.76. The van der Waals surface area contributed by atoms with Gasteiger partial charge in [-0.05, 0) is 18.6 Å². The predicted molar refractivity (Wildman–Crippen MR) is 77.2 cm³/mol. The van der Waals surface area contributed by atoms with Crippen molar-refractivity contribution in [2.75, 3.05) is 20.3 Å². The minimum atomic E-state index is -0.678. The fourth-order valence-corrected chi connectivity index (χ4v) is 1.65. The zero-order valence-corrected chi connectivity index (χ0v) is 12.3. The number of esters is 1. The van der Waals surface area contributed by atoms with E-state index in [4.69, 9.17) is 15.0 Å². The summed E-state index contributed by atoms with van der Waals surface area (Å²) < 4.78 is 15.8. The van der Waals surface area contributed by atoms with Crippen LogP contribution in [-0.4, -0.2) is 42.9 Å². The van der Waals surface area contributed by atoms with Crippen LogP contribution in [0.25, 0.3) is 5.53 Å². The van der Waals surface area contributed by atoms with E-state index < -0.39 is 12.1 Å². The summed E-state index contributed by atoms with van der Waals surface area (Å²) in [7, 11) is 1.23. The number of methoxy groups -OCH3 is 1. The molecule has 6 heteroatoms. The molecule has 0 bridgehead atoms. The van der Waals surface area contributed by atoms with E-state index in [-0.39, 0.29) is 18.7 Å². The van der Waals surface area contributed by atoms with Crippen molar-refractivity contribution in [3.8, 4) is 5.75 Å². The summed E-state index contributed by atoms with van der Waals surface area (Å²) in [4.78, 5) is 14.4. The third-order valence-corrected chi connectivity index (χ3v) is 2.70. The maximum atomic E-state index is 11.4. The zero-order chi connectivity index (χ0) is 15.5. The second-order valence-corrected chi connectivity index (χ2v) is 4.36. The molecule has 1 aromatic carbocycles. The molecule has 1 atom stereocenters. The monoisotopic (exact) mass is 292 g/mol. The van der Waals surface area contributed by atoms with Gasteiger partial charge in [-0.1, -0.05) is 25.1 Å². The SMILES string of the molecule is CCCOC(COc1ccccc1)CC(=[N+]=[N-])C(=O)OC. The summed E-state index contributed by atoms with van der Waals surface area (Å²) in [6, 6.07) is 9.29. The van der Waals surface area contributed by atoms with Crippen molar-refractivity contribution in [1.29, 1.82) is 0 Å². The molecule has 114 valence electrons. The minimum absolute atomic E-state index is 0.0877. The van der Waals surface area contributed by atoms with E-state index in [0.29, 0.717) is 12.4 Å². The first-order valence-electron chi connectivity index (χ1n) is 6.80. The van der Waals surface area contributed by atoms with Gasteiger partial charge in [0.1, 0.15) is 18.5 Å². The lowest BCUT2D eigenvalue weighted by Crippen LogP contribution is -2.29. The minimum Gasteiger partial charge on any atom is -0.491 e. The zero-order valence-electron chi connectivity index (χ0n) is 12.3. The summed E-state index contributed by atoms with van der Waals surface area (Å²) >= 11 is 0. The van der Waals surface area contributed by atoms with Crippen molar-refractivity contribution in [2.24, 2.45) is 0 Å². The highest BCUT2D eigenvalue weighted by atomic mass is 16.5. The van der Waals surface area contributed by atoms with E-state index in [0.717, 1.165) is 6.42 Å². The molecule has 1 aromatic rings. The van der Waals surface area contributed by atoms with Crippen LogP contribution in [0.15, 0.2) is 30.3 Å². The number of carbonyl (C=O) groups excluding carboxylic acids is 1. The molecule has 0 N–H and O–H groups in total. The summed E-state index contributed by atoms with van der Waals surface area (Å²) in [5.41, 5.74) is 8.79. The van der Waals surface area contributed by atoms with Gasteiger partial charge in [0, 0.05) is 6.61 Å². The van der Waals surface area contributed by atoms with Gasteiger partial charge < -0.3 is 19.7 Å². The molecule has 0 aromatic heterocycles. The first-order valence-corrected chi connectivity index (χ1v) is 6.80. The van der Waals surface area contributed by atoms with Crippen molar-refractivity contribution < 1.29 is 23.8 Å². The maximum Gasteiger partial charge on any atom is 0.416 e. The van der Waals surface area contributed by atoms with Gasteiger partial charge in [-0.2, -0.15) is 4.79 Å². The van der Waals surface area contributed by atoms with Crippen molar-refractivity contribution in [3.05, 3.63) is 35.9 Å². The van der Waals surface area contributed by atoms with Crippen molar-refractivity contribution in [1.82, 2.24) is 0 Å². The van der Waals surface area contributed by atoms with E-state index >= 15 is 0 Å². The molecule has 0 heterocycles. The third-order valence-electron chi connectivity index (χ3n) is 2.70. The number of hydrogen-bond acceptors (Lipinski definition) is 4. The predicted octanol–water partition coefficient (Wildman–Crippen LogP) is 2.09. The number of rotatable bonds is 9. The van der Waals surface area contributed by atoms with E-state index in [1.807, 2.05) is 37.3 Å². The van der Waals surface area contributed by atoms with Crippen LogP contribution in [0, 0.1) is 0 Å². The Hall–Kier alpha value is -2.17. The molecule has 1 unspecified atom stereocenters. The first kappa shape index (κ1) is 16.9. The van der Waals surface area contributed by atoms with Crippen LogP contribution in [0.4, 0.5) is 0 Å². The Balaban J connectivity index is 2.62. The molecule has 0 fully saturated rings. The number of benzene rings is 1. The molecule has 0 aliphatic heterocycles. The second-order valence-electron chi connectivity index (χ2n) is 4.36. The second kappa shape index (κ2) is 9.69. The van der Waals surface area contributed by atoms with Gasteiger partial charge >= 0.3 is 11.7 Å². The smallest absolute Gasteiger partial charge is 0.416 e. The number of nitrogens with zero attached hydrogens (tertiary/aromatic N) is 2. The van der Waals surface area contributed by atoms with Crippen LogP contribution < -0.4 is 4.74 Å². The van der Waals surface area contributed by atoms with Crippen LogP contribution >= 0.6 is 0 Å². The Labute approximate surface area is 124 Å². The fourth-order valence-electron chi connectivity index (χ4n) is 1.65. The molecule has 6 nitrogen and oxygen atoms in total. The van der Waals surface area contributed by atoms with Crippen molar-refractivity contribution in [3.63, 3.8) is 0 Å². The highest BCUT2D eigenvalue weighted by molar-refractivity contribution is 6.33. The first-order chi connectivity index (χ1) is 10.2. The number of carbonyl (C=O) groups is 1. The van der Waals surface area contributed by atoms with E-state index in [9.17, 15) is 4.79 Å². The van der Waals surface area contributed by atoms with Gasteiger partial charge in [0.2, 0.25) is 0 Å². The molecule has 0 saturated carbocycles. The van der Waals surface area contributed by atoms with Gasteiger partial charge in [0.05, 0.1) is 13.5 Å². The van der Waals surface area contributed by atoms with Crippen molar-refractivity contribution in [2.45, 2.75) is 25.9 Å². The largest absolute Gasteiger partial charge is 0.491 e. The van der Waals surface area contributed by atoms with Gasteiger partial charge in [-0.3, -0.25) is 0 Å². The molecule has 0 amide bonds. The lowest BCUT2D eigenvalue weighted by atomic mass is 10.2. The van der Waals surface area contributed by atoms with Gasteiger partial charge in [-0.25, -0.2) is 4.79 Å². The molecule has 0 aliphatic rings. The lowest BCUT2D eigenvalue weighted by molar-refractivity contribution is -0.138. The Kier molecular flexibility index (Phi) is 7.79. The van der Waals surface area contributed by atoms with E-state index in [1.54, 1.807) is 0 Å². The molecule has 21 heavy (non-hydrogen) atoms. The standard InChI is InChI=1S/C15H20N2O4/c1-3-9-20-13(10-14(17-16)15(18)19-2)11-21-12-7-5-4-6-8-12/h4-8,13H,3,9-11H2,1-2H3. The van der Waals surface area contributed by atoms with Gasteiger partial charge in [0.15, 0.2) is 0 Å². The quantitative estimate of drug-likeness (QED) is 0.302. The molecular weight excluding hydrogens is 272 g/mol. The van der Waals surface area contributed by atoms with E-state index in [1.165, 1.54) is 7.11 Å². The number of para-hydroxylation sites is 1. The average Bonchev–Trinajstić information content (AvgIpc) is 2.54. The fraction of sp³-hybridized carbons (Fsp3) is 0.467. The van der Waals surface area contributed by atoms with E-state index in [2.05, 4.69) is 9.53 Å². The van der Waals surface area contributed by atoms with Gasteiger partial charge in [-0.15, -0.1) is 0 Å².